The number of imidazole rings is 1. The minimum Gasteiger partial charge on any atom is -0.461 e. The van der Waals surface area contributed by atoms with Crippen LogP contribution in [0.2, 0.25) is 5.02 Å². The molecule has 7 heteroatoms. The van der Waals surface area contributed by atoms with Crippen LogP contribution in [0.4, 0.5) is 0 Å². The standard InChI is InChI=1S/C23H26ClN3O3/c1-22(2,28)15-10-16(11-15)30-21-25-18-12-17(24)19(26-20(18)27-21)13-4-6-14(7-5-13)23(29)8-3-9-23/h4-7,12,15-16,28-29H,3,8-11H2,1-2H3,(H,25,26,27). The van der Waals surface area contributed by atoms with E-state index in [9.17, 15) is 10.2 Å². The Balaban J connectivity index is 1.35. The number of nitrogens with zero attached hydrogens (tertiary/aromatic N) is 2. The highest BCUT2D eigenvalue weighted by Crippen LogP contribution is 2.42. The highest BCUT2D eigenvalue weighted by molar-refractivity contribution is 6.33. The quantitative estimate of drug-likeness (QED) is 0.554. The first-order valence-electron chi connectivity index (χ1n) is 10.5. The zero-order valence-electron chi connectivity index (χ0n) is 17.2. The summed E-state index contributed by atoms with van der Waals surface area (Å²) in [6.07, 6.45) is 4.33. The monoisotopic (exact) mass is 427 g/mol. The van der Waals surface area contributed by atoms with E-state index in [1.807, 2.05) is 44.2 Å². The van der Waals surface area contributed by atoms with E-state index in [4.69, 9.17) is 16.3 Å². The Bertz CT molecular complexity index is 1080. The normalized spacial score (nSPS) is 23.1. The molecule has 0 radical (unpaired) electrons. The third-order valence-electron chi connectivity index (χ3n) is 6.65. The topological polar surface area (TPSA) is 91.3 Å². The predicted octanol–water partition coefficient (Wildman–Crippen LogP) is 4.58. The maximum Gasteiger partial charge on any atom is 0.296 e. The van der Waals surface area contributed by atoms with Gasteiger partial charge in [0.15, 0.2) is 5.65 Å². The first-order valence-corrected chi connectivity index (χ1v) is 10.9. The zero-order chi connectivity index (χ0) is 21.1. The molecule has 2 saturated carbocycles. The molecule has 1 aromatic carbocycles. The van der Waals surface area contributed by atoms with Crippen molar-refractivity contribution < 1.29 is 14.9 Å². The number of ether oxygens (including phenoxy) is 1. The van der Waals surface area contributed by atoms with E-state index in [0.29, 0.717) is 22.4 Å². The van der Waals surface area contributed by atoms with Crippen LogP contribution >= 0.6 is 11.6 Å². The van der Waals surface area contributed by atoms with E-state index in [1.165, 1.54) is 0 Å². The van der Waals surface area contributed by atoms with Crippen molar-refractivity contribution in [1.29, 1.82) is 0 Å². The maximum absolute atomic E-state index is 10.5. The summed E-state index contributed by atoms with van der Waals surface area (Å²) in [7, 11) is 0. The third-order valence-corrected chi connectivity index (χ3v) is 6.94. The van der Waals surface area contributed by atoms with Crippen molar-refractivity contribution in [2.45, 2.75) is 63.3 Å². The van der Waals surface area contributed by atoms with Crippen LogP contribution in [0.25, 0.3) is 22.4 Å². The van der Waals surface area contributed by atoms with Crippen molar-refractivity contribution in [3.63, 3.8) is 0 Å². The number of benzene rings is 1. The van der Waals surface area contributed by atoms with Crippen molar-refractivity contribution >= 4 is 22.8 Å². The van der Waals surface area contributed by atoms with Gasteiger partial charge in [-0.2, -0.15) is 4.98 Å². The molecule has 0 unspecified atom stereocenters. The Morgan fingerprint density at radius 3 is 2.47 bits per heavy atom. The number of hydrogen-bond donors (Lipinski definition) is 3. The van der Waals surface area contributed by atoms with Crippen LogP contribution in [0.1, 0.15) is 51.5 Å². The number of aromatic nitrogens is 3. The number of pyridine rings is 1. The molecule has 0 spiro atoms. The fourth-order valence-corrected chi connectivity index (χ4v) is 4.55. The summed E-state index contributed by atoms with van der Waals surface area (Å²) in [6.45, 7) is 3.67. The van der Waals surface area contributed by atoms with Crippen LogP contribution in [0.5, 0.6) is 6.01 Å². The van der Waals surface area contributed by atoms with E-state index in [2.05, 4.69) is 15.0 Å². The lowest BCUT2D eigenvalue weighted by molar-refractivity contribution is -0.0692. The molecule has 2 aliphatic carbocycles. The summed E-state index contributed by atoms with van der Waals surface area (Å²) in [5.41, 5.74) is 2.38. The van der Waals surface area contributed by atoms with Crippen molar-refractivity contribution in [2.24, 2.45) is 5.92 Å². The van der Waals surface area contributed by atoms with Crippen LogP contribution in [0.15, 0.2) is 30.3 Å². The smallest absolute Gasteiger partial charge is 0.296 e. The molecule has 5 rings (SSSR count). The molecular weight excluding hydrogens is 402 g/mol. The van der Waals surface area contributed by atoms with Crippen molar-refractivity contribution in [2.75, 3.05) is 0 Å². The molecule has 0 bridgehead atoms. The van der Waals surface area contributed by atoms with Crippen molar-refractivity contribution in [3.05, 3.63) is 40.9 Å². The molecule has 0 amide bonds. The van der Waals surface area contributed by atoms with Gasteiger partial charge in [-0.05, 0) is 63.5 Å². The summed E-state index contributed by atoms with van der Waals surface area (Å²) in [5.74, 6) is 0.243. The van der Waals surface area contributed by atoms with Gasteiger partial charge in [-0.1, -0.05) is 35.9 Å². The molecule has 2 aliphatic rings. The number of nitrogens with one attached hydrogen (secondary N) is 1. The molecule has 0 atom stereocenters. The molecule has 158 valence electrons. The molecule has 3 N–H and O–H groups in total. The Morgan fingerprint density at radius 1 is 1.17 bits per heavy atom. The Kier molecular flexibility index (Phi) is 4.58. The second-order valence-corrected chi connectivity index (χ2v) is 9.66. The largest absolute Gasteiger partial charge is 0.461 e. The van der Waals surface area contributed by atoms with E-state index in [1.54, 1.807) is 0 Å². The van der Waals surface area contributed by atoms with Gasteiger partial charge < -0.3 is 19.9 Å². The van der Waals surface area contributed by atoms with E-state index in [0.717, 1.165) is 48.7 Å². The number of aromatic amines is 1. The molecule has 2 heterocycles. The maximum atomic E-state index is 10.5. The fraction of sp³-hybridized carbons (Fsp3) is 0.478. The second-order valence-electron chi connectivity index (χ2n) is 9.26. The van der Waals surface area contributed by atoms with Gasteiger partial charge >= 0.3 is 0 Å². The van der Waals surface area contributed by atoms with Gasteiger partial charge in [-0.3, -0.25) is 0 Å². The first-order chi connectivity index (χ1) is 14.2. The Hall–Kier alpha value is -2.15. The highest BCUT2D eigenvalue weighted by Gasteiger charge is 2.40. The lowest BCUT2D eigenvalue weighted by Crippen LogP contribution is -2.45. The van der Waals surface area contributed by atoms with Gasteiger partial charge in [0.2, 0.25) is 0 Å². The van der Waals surface area contributed by atoms with Crippen LogP contribution in [-0.4, -0.2) is 36.9 Å². The molecule has 2 aromatic heterocycles. The zero-order valence-corrected chi connectivity index (χ0v) is 17.9. The van der Waals surface area contributed by atoms with Gasteiger partial charge in [0, 0.05) is 5.56 Å². The molecule has 0 aliphatic heterocycles. The van der Waals surface area contributed by atoms with Gasteiger partial charge in [0.05, 0.1) is 27.4 Å². The molecule has 6 nitrogen and oxygen atoms in total. The van der Waals surface area contributed by atoms with E-state index in [-0.39, 0.29) is 12.0 Å². The third kappa shape index (κ3) is 3.47. The number of H-pyrrole nitrogens is 1. The summed E-state index contributed by atoms with van der Waals surface area (Å²) < 4.78 is 5.93. The predicted molar refractivity (Wildman–Crippen MR) is 116 cm³/mol. The molecule has 30 heavy (non-hydrogen) atoms. The average Bonchev–Trinajstić information content (AvgIpc) is 3.02. The summed E-state index contributed by atoms with van der Waals surface area (Å²) in [5, 5.41) is 21.1. The summed E-state index contributed by atoms with van der Waals surface area (Å²) >= 11 is 6.50. The van der Waals surface area contributed by atoms with Crippen molar-refractivity contribution in [1.82, 2.24) is 15.0 Å². The molecule has 0 saturated heterocycles. The molecular formula is C23H26ClN3O3. The molecule has 2 fully saturated rings. The number of fused-ring (bicyclic) bond motifs is 1. The van der Waals surface area contributed by atoms with E-state index < -0.39 is 11.2 Å². The highest BCUT2D eigenvalue weighted by atomic mass is 35.5. The van der Waals surface area contributed by atoms with Gasteiger partial charge in [-0.25, -0.2) is 4.98 Å². The first kappa shape index (κ1) is 19.8. The minimum atomic E-state index is -0.681. The van der Waals surface area contributed by atoms with Gasteiger partial charge in [-0.15, -0.1) is 0 Å². The number of halogens is 1. The van der Waals surface area contributed by atoms with Gasteiger partial charge in [0.25, 0.3) is 6.01 Å². The second kappa shape index (κ2) is 6.94. The number of rotatable bonds is 5. The minimum absolute atomic E-state index is 0.0433. The summed E-state index contributed by atoms with van der Waals surface area (Å²) in [4.78, 5) is 12.3. The molecule has 3 aromatic rings. The van der Waals surface area contributed by atoms with Crippen LogP contribution < -0.4 is 4.74 Å². The Labute approximate surface area is 180 Å². The average molecular weight is 428 g/mol. The number of hydrogen-bond acceptors (Lipinski definition) is 5. The fourth-order valence-electron chi connectivity index (χ4n) is 4.29. The lowest BCUT2D eigenvalue weighted by atomic mass is 9.72. The van der Waals surface area contributed by atoms with Crippen LogP contribution in [-0.2, 0) is 5.60 Å². The van der Waals surface area contributed by atoms with Gasteiger partial charge in [0.1, 0.15) is 6.10 Å². The Morgan fingerprint density at radius 2 is 1.87 bits per heavy atom. The van der Waals surface area contributed by atoms with Crippen LogP contribution in [0, 0.1) is 5.92 Å². The SMILES string of the molecule is CC(C)(O)C1CC(Oc2nc3nc(-c4ccc(C5(O)CCC5)cc4)c(Cl)cc3[nH]2)C1. The van der Waals surface area contributed by atoms with E-state index >= 15 is 0 Å². The lowest BCUT2D eigenvalue weighted by Gasteiger charge is -2.41. The van der Waals surface area contributed by atoms with Crippen molar-refractivity contribution in [3.8, 4) is 17.3 Å². The number of aliphatic hydroxyl groups is 2. The van der Waals surface area contributed by atoms with Crippen LogP contribution in [0.3, 0.4) is 0 Å². The summed E-state index contributed by atoms with van der Waals surface area (Å²) in [6, 6.07) is 10.0.